The molecule has 1 saturated carbocycles. The Hall–Kier alpha value is -2.34. The Morgan fingerprint density at radius 2 is 2.21 bits per heavy atom. The van der Waals surface area contributed by atoms with Gasteiger partial charge in [0.15, 0.2) is 0 Å². The van der Waals surface area contributed by atoms with Crippen LogP contribution in [0, 0.1) is 5.92 Å². The van der Waals surface area contributed by atoms with Gasteiger partial charge in [-0.05, 0) is 31.0 Å². The van der Waals surface area contributed by atoms with Crippen molar-refractivity contribution in [3.05, 3.63) is 47.2 Å². The summed E-state index contributed by atoms with van der Waals surface area (Å²) in [5.74, 6) is -1.68. The number of hydrogen-bond donors (Lipinski definition) is 1. The minimum Gasteiger partial charge on any atom is -0.481 e. The maximum absolute atomic E-state index is 12.7. The maximum Gasteiger partial charge on any atom is 0.308 e. The Labute approximate surface area is 144 Å². The third-order valence-electron chi connectivity index (χ3n) is 4.04. The van der Waals surface area contributed by atoms with Crippen LogP contribution in [-0.2, 0) is 4.79 Å². The van der Waals surface area contributed by atoms with E-state index in [-0.39, 0.29) is 18.5 Å². The van der Waals surface area contributed by atoms with E-state index in [1.807, 2.05) is 12.1 Å². The first-order valence-corrected chi connectivity index (χ1v) is 8.18. The van der Waals surface area contributed by atoms with Crippen LogP contribution in [0.3, 0.4) is 0 Å². The highest BCUT2D eigenvalue weighted by molar-refractivity contribution is 6.30. The van der Waals surface area contributed by atoms with Crippen LogP contribution in [0.1, 0.15) is 30.1 Å². The van der Waals surface area contributed by atoms with E-state index in [1.54, 1.807) is 34.8 Å². The average molecular weight is 348 g/mol. The van der Waals surface area contributed by atoms with E-state index >= 15 is 0 Å². The Morgan fingerprint density at radius 1 is 1.46 bits per heavy atom. The van der Waals surface area contributed by atoms with Crippen LogP contribution in [0.25, 0.3) is 5.69 Å². The van der Waals surface area contributed by atoms with Gasteiger partial charge in [-0.25, -0.2) is 4.68 Å². The Bertz CT molecular complexity index is 770. The van der Waals surface area contributed by atoms with E-state index in [0.29, 0.717) is 10.6 Å². The van der Waals surface area contributed by atoms with E-state index in [2.05, 4.69) is 5.10 Å². The zero-order valence-electron chi connectivity index (χ0n) is 13.2. The summed E-state index contributed by atoms with van der Waals surface area (Å²) in [7, 11) is 0. The number of carboxylic acids is 1. The standard InChI is InChI=1S/C17H18ClN3O3/c1-11(17(23)24)9-20(14-5-6-14)16(22)12-8-19-21(10-12)15-4-2-3-13(18)7-15/h2-4,7-8,10-11,14H,5-6,9H2,1H3,(H,23,24). The lowest BCUT2D eigenvalue weighted by molar-refractivity contribution is -0.141. The molecule has 0 spiro atoms. The molecule has 1 aromatic heterocycles. The van der Waals surface area contributed by atoms with Crippen LogP contribution in [0.2, 0.25) is 5.02 Å². The highest BCUT2D eigenvalue weighted by Gasteiger charge is 2.35. The summed E-state index contributed by atoms with van der Waals surface area (Å²) >= 11 is 5.98. The first-order valence-electron chi connectivity index (χ1n) is 7.80. The second kappa shape index (κ2) is 6.65. The van der Waals surface area contributed by atoms with Crippen molar-refractivity contribution in [3.63, 3.8) is 0 Å². The van der Waals surface area contributed by atoms with Gasteiger partial charge in [-0.1, -0.05) is 24.6 Å². The largest absolute Gasteiger partial charge is 0.481 e. The number of rotatable bonds is 6. The van der Waals surface area contributed by atoms with Crippen molar-refractivity contribution in [1.82, 2.24) is 14.7 Å². The van der Waals surface area contributed by atoms with E-state index in [0.717, 1.165) is 18.5 Å². The van der Waals surface area contributed by atoms with Gasteiger partial charge in [0.25, 0.3) is 5.91 Å². The number of halogens is 1. The van der Waals surface area contributed by atoms with Crippen LogP contribution in [0.5, 0.6) is 0 Å². The summed E-state index contributed by atoms with van der Waals surface area (Å²) in [5.41, 5.74) is 1.21. The lowest BCUT2D eigenvalue weighted by Gasteiger charge is -2.23. The third kappa shape index (κ3) is 3.59. The number of benzene rings is 1. The number of carbonyl (C=O) groups is 2. The van der Waals surface area contributed by atoms with Gasteiger partial charge in [-0.3, -0.25) is 9.59 Å². The predicted molar refractivity (Wildman–Crippen MR) is 89.4 cm³/mol. The molecule has 1 amide bonds. The lowest BCUT2D eigenvalue weighted by atomic mass is 10.1. The molecular weight excluding hydrogens is 330 g/mol. The SMILES string of the molecule is CC(CN(C(=O)c1cnn(-c2cccc(Cl)c2)c1)C1CC1)C(=O)O. The number of aliphatic carboxylic acids is 1. The van der Waals surface area contributed by atoms with Gasteiger partial charge in [0, 0.05) is 23.8 Å². The molecule has 2 aromatic rings. The third-order valence-corrected chi connectivity index (χ3v) is 4.28. The Balaban J connectivity index is 1.80. The molecule has 126 valence electrons. The van der Waals surface area contributed by atoms with Gasteiger partial charge in [-0.15, -0.1) is 0 Å². The second-order valence-corrected chi connectivity index (χ2v) is 6.52. The predicted octanol–water partition coefficient (Wildman–Crippen LogP) is 2.85. The highest BCUT2D eigenvalue weighted by Crippen LogP contribution is 2.29. The molecule has 1 unspecified atom stereocenters. The number of amides is 1. The molecule has 1 atom stereocenters. The molecular formula is C17H18ClN3O3. The molecule has 0 bridgehead atoms. The van der Waals surface area contributed by atoms with Crippen LogP contribution in [0.4, 0.5) is 0 Å². The number of carbonyl (C=O) groups excluding carboxylic acids is 1. The van der Waals surface area contributed by atoms with Gasteiger partial charge in [0.2, 0.25) is 0 Å². The summed E-state index contributed by atoms with van der Waals surface area (Å²) in [6.07, 6.45) is 4.99. The maximum atomic E-state index is 12.7. The number of aromatic nitrogens is 2. The zero-order chi connectivity index (χ0) is 17.3. The molecule has 1 aliphatic carbocycles. The van der Waals surface area contributed by atoms with Crippen molar-refractivity contribution in [2.24, 2.45) is 5.92 Å². The molecule has 1 fully saturated rings. The first-order chi connectivity index (χ1) is 11.5. The summed E-state index contributed by atoms with van der Waals surface area (Å²) in [6, 6.07) is 7.31. The Kier molecular flexibility index (Phi) is 4.57. The normalized spacial score (nSPS) is 15.1. The van der Waals surface area contributed by atoms with Crippen molar-refractivity contribution in [2.45, 2.75) is 25.8 Å². The Morgan fingerprint density at radius 3 is 2.83 bits per heavy atom. The first kappa shape index (κ1) is 16.5. The molecule has 1 aromatic carbocycles. The zero-order valence-corrected chi connectivity index (χ0v) is 14.0. The molecule has 24 heavy (non-hydrogen) atoms. The molecule has 1 aliphatic rings. The molecule has 0 aliphatic heterocycles. The average Bonchev–Trinajstić information content (AvgIpc) is 3.27. The van der Waals surface area contributed by atoms with Gasteiger partial charge >= 0.3 is 5.97 Å². The van der Waals surface area contributed by atoms with E-state index in [9.17, 15) is 9.59 Å². The molecule has 1 heterocycles. The van der Waals surface area contributed by atoms with Crippen molar-refractivity contribution >= 4 is 23.5 Å². The van der Waals surface area contributed by atoms with Crippen molar-refractivity contribution < 1.29 is 14.7 Å². The summed E-state index contributed by atoms with van der Waals surface area (Å²) in [6.45, 7) is 1.82. The van der Waals surface area contributed by atoms with Crippen LogP contribution < -0.4 is 0 Å². The smallest absolute Gasteiger partial charge is 0.308 e. The molecule has 0 saturated heterocycles. The van der Waals surface area contributed by atoms with Gasteiger partial charge in [-0.2, -0.15) is 5.10 Å². The summed E-state index contributed by atoms with van der Waals surface area (Å²) in [4.78, 5) is 25.5. The number of carboxylic acid groups (broad SMARTS) is 1. The van der Waals surface area contributed by atoms with E-state index in [4.69, 9.17) is 16.7 Å². The second-order valence-electron chi connectivity index (χ2n) is 6.08. The van der Waals surface area contributed by atoms with Gasteiger partial charge in [0.1, 0.15) is 0 Å². The minimum atomic E-state index is -0.900. The van der Waals surface area contributed by atoms with Crippen molar-refractivity contribution in [3.8, 4) is 5.69 Å². The van der Waals surface area contributed by atoms with Gasteiger partial charge in [0.05, 0.1) is 23.4 Å². The fraction of sp³-hybridized carbons (Fsp3) is 0.353. The van der Waals surface area contributed by atoms with E-state index in [1.165, 1.54) is 6.20 Å². The number of nitrogens with zero attached hydrogens (tertiary/aromatic N) is 3. The van der Waals surface area contributed by atoms with Crippen molar-refractivity contribution in [2.75, 3.05) is 6.54 Å². The minimum absolute atomic E-state index is 0.133. The fourth-order valence-corrected chi connectivity index (χ4v) is 2.70. The number of hydrogen-bond acceptors (Lipinski definition) is 3. The fourth-order valence-electron chi connectivity index (χ4n) is 2.52. The van der Waals surface area contributed by atoms with Crippen LogP contribution >= 0.6 is 11.6 Å². The highest BCUT2D eigenvalue weighted by atomic mass is 35.5. The molecule has 0 radical (unpaired) electrons. The topological polar surface area (TPSA) is 75.4 Å². The molecule has 7 heteroatoms. The lowest BCUT2D eigenvalue weighted by Crippen LogP contribution is -2.38. The van der Waals surface area contributed by atoms with Crippen molar-refractivity contribution in [1.29, 1.82) is 0 Å². The molecule has 6 nitrogen and oxygen atoms in total. The van der Waals surface area contributed by atoms with E-state index < -0.39 is 11.9 Å². The molecule has 1 N–H and O–H groups in total. The van der Waals surface area contributed by atoms with Crippen LogP contribution in [-0.4, -0.2) is 44.3 Å². The van der Waals surface area contributed by atoms with Crippen LogP contribution in [0.15, 0.2) is 36.7 Å². The monoisotopic (exact) mass is 347 g/mol. The quantitative estimate of drug-likeness (QED) is 0.871. The summed E-state index contributed by atoms with van der Waals surface area (Å²) in [5, 5.41) is 13.9. The molecule has 3 rings (SSSR count). The summed E-state index contributed by atoms with van der Waals surface area (Å²) < 4.78 is 1.59. The van der Waals surface area contributed by atoms with Gasteiger partial charge < -0.3 is 10.0 Å².